The number of carbonyl (C=O) groups excluding carboxylic acids is 1. The van der Waals surface area contributed by atoms with Crippen LogP contribution in [0, 0.1) is 0 Å². The molecule has 2 aliphatic heterocycles. The molecule has 4 aromatic rings. The van der Waals surface area contributed by atoms with Crippen LogP contribution in [0.25, 0.3) is 11.0 Å². The van der Waals surface area contributed by atoms with Crippen LogP contribution in [0.2, 0.25) is 0 Å². The maximum absolute atomic E-state index is 13.5. The third kappa shape index (κ3) is 9.67. The van der Waals surface area contributed by atoms with Crippen molar-refractivity contribution in [2.45, 2.75) is 38.6 Å². The van der Waals surface area contributed by atoms with Gasteiger partial charge in [0.1, 0.15) is 24.2 Å². The van der Waals surface area contributed by atoms with E-state index in [1.165, 1.54) is 11.3 Å². The Hall–Kier alpha value is -3.88. The number of piperazine rings is 1. The van der Waals surface area contributed by atoms with Gasteiger partial charge in [-0.25, -0.2) is 4.98 Å². The largest absolute Gasteiger partial charge is 0.494 e. The smallest absolute Gasteiger partial charge is 0.229 e. The minimum absolute atomic E-state index is 0.0151. The molecule has 0 radical (unpaired) electrons. The predicted molar refractivity (Wildman–Crippen MR) is 220 cm³/mol. The van der Waals surface area contributed by atoms with Crippen molar-refractivity contribution >= 4 is 74.1 Å². The van der Waals surface area contributed by atoms with Gasteiger partial charge >= 0.3 is 0 Å². The quantitative estimate of drug-likeness (QED) is 0.106. The van der Waals surface area contributed by atoms with Crippen LogP contribution < -0.4 is 30.9 Å². The first kappa shape index (κ1) is 39.8. The number of piperidine rings is 1. The van der Waals surface area contributed by atoms with E-state index in [0.29, 0.717) is 69.7 Å². The van der Waals surface area contributed by atoms with Crippen LogP contribution in [0.3, 0.4) is 0 Å². The molecule has 14 nitrogen and oxygen atoms in total. The van der Waals surface area contributed by atoms with Crippen LogP contribution in [-0.2, 0) is 20.5 Å². The molecule has 2 saturated heterocycles. The Morgan fingerprint density at radius 1 is 0.981 bits per heavy atom. The number of amides is 1. The average molecular weight is 824 g/mol. The monoisotopic (exact) mass is 822 g/mol. The fourth-order valence-electron chi connectivity index (χ4n) is 7.30. The fourth-order valence-corrected chi connectivity index (χ4v) is 8.98. The molecule has 0 bridgehead atoms. The number of hydrogen-bond acceptors (Lipinski definition) is 13. The van der Waals surface area contributed by atoms with Gasteiger partial charge < -0.3 is 34.9 Å². The van der Waals surface area contributed by atoms with Crippen molar-refractivity contribution in [3.63, 3.8) is 0 Å². The highest BCUT2D eigenvalue weighted by atomic mass is 79.9. The van der Waals surface area contributed by atoms with Crippen LogP contribution in [-0.4, -0.2) is 128 Å². The molecule has 290 valence electrons. The lowest BCUT2D eigenvalue weighted by molar-refractivity contribution is -0.121. The molecule has 1 amide bonds. The minimum Gasteiger partial charge on any atom is -0.494 e. The summed E-state index contributed by atoms with van der Waals surface area (Å²) in [6.07, 6.45) is 8.44. The van der Waals surface area contributed by atoms with E-state index in [1.54, 1.807) is 46.1 Å². The van der Waals surface area contributed by atoms with Crippen molar-refractivity contribution in [1.29, 1.82) is 0 Å². The van der Waals surface area contributed by atoms with E-state index in [9.17, 15) is 9.36 Å². The molecular weight excluding hydrogens is 771 g/mol. The van der Waals surface area contributed by atoms with Crippen molar-refractivity contribution < 1.29 is 18.8 Å². The summed E-state index contributed by atoms with van der Waals surface area (Å²) < 4.78 is 25.7. The summed E-state index contributed by atoms with van der Waals surface area (Å²) in [7, 11) is 0.582. The lowest BCUT2D eigenvalue weighted by Gasteiger charge is -2.43. The van der Waals surface area contributed by atoms with Crippen LogP contribution in [0.5, 0.6) is 5.75 Å². The van der Waals surface area contributed by atoms with Crippen molar-refractivity contribution in [3.05, 3.63) is 52.9 Å². The number of nitrogens with one attached hydrogen (secondary N) is 3. The number of nitrogens with zero attached hydrogens (tertiary/aromatic N) is 7. The van der Waals surface area contributed by atoms with E-state index < -0.39 is 7.14 Å². The van der Waals surface area contributed by atoms with E-state index in [-0.39, 0.29) is 5.91 Å². The average Bonchev–Trinajstić information content (AvgIpc) is 3.18. The van der Waals surface area contributed by atoms with Gasteiger partial charge in [0, 0.05) is 95.7 Å². The zero-order valence-corrected chi connectivity index (χ0v) is 34.4. The first-order chi connectivity index (χ1) is 26.1. The highest BCUT2D eigenvalue weighted by molar-refractivity contribution is 9.10. The summed E-state index contributed by atoms with van der Waals surface area (Å²) in [5, 5.41) is 10.0. The molecule has 4 heterocycles. The van der Waals surface area contributed by atoms with Gasteiger partial charge in [-0.15, -0.1) is 0 Å². The van der Waals surface area contributed by atoms with Gasteiger partial charge in [0.05, 0.1) is 47.0 Å². The van der Waals surface area contributed by atoms with Crippen LogP contribution >= 0.6 is 23.1 Å². The van der Waals surface area contributed by atoms with E-state index in [2.05, 4.69) is 80.6 Å². The van der Waals surface area contributed by atoms with Crippen LogP contribution in [0.15, 0.2) is 47.3 Å². The van der Waals surface area contributed by atoms with Gasteiger partial charge in [-0.3, -0.25) is 24.6 Å². The molecule has 0 atom stereocenters. The van der Waals surface area contributed by atoms with Crippen molar-refractivity contribution in [2.75, 3.05) is 102 Å². The molecule has 2 aromatic heterocycles. The van der Waals surface area contributed by atoms with E-state index in [1.807, 2.05) is 12.1 Å². The zero-order valence-electron chi connectivity index (χ0n) is 31.9. The molecule has 0 unspecified atom stereocenters. The third-order valence-corrected chi connectivity index (χ3v) is 12.3. The van der Waals surface area contributed by atoms with Crippen LogP contribution in [0.4, 0.5) is 28.8 Å². The van der Waals surface area contributed by atoms with Gasteiger partial charge in [0.25, 0.3) is 0 Å². The predicted octanol–water partition coefficient (Wildman–Crippen LogP) is 5.23. The van der Waals surface area contributed by atoms with Gasteiger partial charge in [-0.05, 0) is 72.3 Å². The maximum atomic E-state index is 13.5. The summed E-state index contributed by atoms with van der Waals surface area (Å²) in [5.41, 5.74) is 5.15. The number of methoxy groups -OCH3 is 1. The molecule has 54 heavy (non-hydrogen) atoms. The molecule has 2 fully saturated rings. The molecule has 0 aliphatic carbocycles. The number of aromatic nitrogens is 4. The summed E-state index contributed by atoms with van der Waals surface area (Å²) >= 11 is 3.59. The minimum atomic E-state index is -2.75. The van der Waals surface area contributed by atoms with Crippen molar-refractivity contribution in [2.24, 2.45) is 0 Å². The second kappa shape index (κ2) is 18.2. The highest BCUT2D eigenvalue weighted by Gasteiger charge is 2.29. The summed E-state index contributed by atoms with van der Waals surface area (Å²) in [6, 6.07) is 8.59. The van der Waals surface area contributed by atoms with Gasteiger partial charge in [-0.2, -0.15) is 4.98 Å². The number of hydrogen-bond donors (Lipinski definition) is 3. The summed E-state index contributed by atoms with van der Waals surface area (Å²) in [6.45, 7) is 13.9. The summed E-state index contributed by atoms with van der Waals surface area (Å²) in [5.74, 6) is 1.64. The third-order valence-electron chi connectivity index (χ3n) is 10.2. The molecule has 6 rings (SSSR count). The van der Waals surface area contributed by atoms with E-state index in [4.69, 9.17) is 14.5 Å². The first-order valence-electron chi connectivity index (χ1n) is 18.6. The Morgan fingerprint density at radius 3 is 2.44 bits per heavy atom. The second-order valence-electron chi connectivity index (χ2n) is 14.0. The molecule has 2 aliphatic rings. The zero-order chi connectivity index (χ0) is 38.2. The molecule has 0 saturated carbocycles. The number of benzene rings is 2. The molecule has 16 heteroatoms. The number of anilines is 5. The number of rotatable bonds is 15. The molecular formula is C38H52BrN10O4P. The van der Waals surface area contributed by atoms with Gasteiger partial charge in [0.15, 0.2) is 0 Å². The van der Waals surface area contributed by atoms with Crippen molar-refractivity contribution in [3.8, 4) is 5.75 Å². The molecule has 3 N–H and O–H groups in total. The topological polar surface area (TPSA) is 150 Å². The first-order valence-corrected chi connectivity index (χ1v) is 22.0. The standard InChI is InChI=1S/C38H52BrN10O4P/c1-6-26-23-31(45-38-43-25-28(39)37(46-38)44-30-8-7-29-35(42-13-12-41-29)36(30)54(4,5)51)33(52-3)24-32(26)49-14-9-27(10-15-49)48-18-16-47(17-19-48)20-22-53-21-11-34(50)40-2/h7-8,12-13,23-25,27H,6,9-11,14-22H2,1-5H3,(H,40,50)(H2,43,44,45,46). The normalized spacial score (nSPS) is 16.1. The van der Waals surface area contributed by atoms with Gasteiger partial charge in [0.2, 0.25) is 11.9 Å². The van der Waals surface area contributed by atoms with E-state index in [0.717, 1.165) is 70.8 Å². The fraction of sp³-hybridized carbons (Fsp3) is 0.500. The number of ether oxygens (including phenoxy) is 2. The second-order valence-corrected chi connectivity index (χ2v) is 18.0. The summed E-state index contributed by atoms with van der Waals surface area (Å²) in [4.78, 5) is 37.3. The van der Waals surface area contributed by atoms with Gasteiger partial charge in [-0.1, -0.05) is 6.92 Å². The maximum Gasteiger partial charge on any atom is 0.229 e. The Bertz CT molecular complexity index is 1960. The lowest BCUT2D eigenvalue weighted by Crippen LogP contribution is -2.53. The number of fused-ring (bicyclic) bond motifs is 1. The lowest BCUT2D eigenvalue weighted by atomic mass is 9.99. The van der Waals surface area contributed by atoms with E-state index >= 15 is 0 Å². The Labute approximate surface area is 326 Å². The van der Waals surface area contributed by atoms with Crippen molar-refractivity contribution in [1.82, 2.24) is 35.1 Å². The Balaban J connectivity index is 1.08. The number of carbonyl (C=O) groups is 1. The van der Waals surface area contributed by atoms with Crippen LogP contribution in [0.1, 0.15) is 31.7 Å². The number of halogens is 1. The number of aryl methyl sites for hydroxylation is 1. The Morgan fingerprint density at radius 2 is 1.74 bits per heavy atom. The Kier molecular flexibility index (Phi) is 13.4. The highest BCUT2D eigenvalue weighted by Crippen LogP contribution is 2.42. The molecule has 2 aromatic carbocycles. The molecule has 0 spiro atoms. The SMILES string of the molecule is CCc1cc(Nc2ncc(Br)c(Nc3ccc4nccnc4c3P(C)(C)=O)n2)c(OC)cc1N1CCC(N2CCN(CCOCCC(=O)NC)CC2)CC1.